The lowest BCUT2D eigenvalue weighted by Crippen LogP contribution is -2.43. The van der Waals surface area contributed by atoms with Crippen LogP contribution in [-0.4, -0.2) is 59.4 Å². The van der Waals surface area contributed by atoms with Crippen molar-refractivity contribution in [3.63, 3.8) is 0 Å². The standard InChI is InChI=1S/C29H35F3N4O4/c1-40-20-2-3-24-21(14-20)27(18(16-33)17-35-24)25(37)4-5-29(15-26(38)39)6-9-36(10-7-29)11-8-34-28-22(31)12-19(30)13-23(28)32/h2-3,12-14,17,25,34,37H,4-11,15-16,33H2,1H3,(H,38,39)/t25-/m0/s1. The Labute approximate surface area is 231 Å². The quantitative estimate of drug-likeness (QED) is 0.254. The SMILES string of the molecule is COc1ccc2ncc(CN)c([C@@H](O)CCC3(CC(=O)O)CCN(CCNc4c(F)cc(F)cc4F)CC3)c2c1. The van der Waals surface area contributed by atoms with Crippen LogP contribution in [0.4, 0.5) is 18.9 Å². The molecule has 3 aromatic rings. The lowest BCUT2D eigenvalue weighted by molar-refractivity contribution is -0.141. The maximum absolute atomic E-state index is 13.9. The van der Waals surface area contributed by atoms with Crippen LogP contribution in [0.2, 0.25) is 0 Å². The smallest absolute Gasteiger partial charge is 0.303 e. The molecule has 40 heavy (non-hydrogen) atoms. The largest absolute Gasteiger partial charge is 0.497 e. The van der Waals surface area contributed by atoms with Gasteiger partial charge < -0.3 is 30.9 Å². The second-order valence-electron chi connectivity index (χ2n) is 10.4. The van der Waals surface area contributed by atoms with Crippen molar-refractivity contribution in [1.29, 1.82) is 0 Å². The van der Waals surface area contributed by atoms with Gasteiger partial charge in [-0.15, -0.1) is 0 Å². The first-order valence-corrected chi connectivity index (χ1v) is 13.3. The van der Waals surface area contributed by atoms with Crippen LogP contribution in [0.1, 0.15) is 49.3 Å². The highest BCUT2D eigenvalue weighted by Gasteiger charge is 2.37. The van der Waals surface area contributed by atoms with E-state index in [-0.39, 0.29) is 25.2 Å². The minimum absolute atomic E-state index is 0.0214. The highest BCUT2D eigenvalue weighted by molar-refractivity contribution is 5.85. The van der Waals surface area contributed by atoms with Gasteiger partial charge in [-0.2, -0.15) is 0 Å². The molecule has 1 fully saturated rings. The average Bonchev–Trinajstić information content (AvgIpc) is 2.92. The molecule has 2 aromatic carbocycles. The molecule has 0 amide bonds. The summed E-state index contributed by atoms with van der Waals surface area (Å²) in [6, 6.07) is 6.69. The minimum Gasteiger partial charge on any atom is -0.497 e. The van der Waals surface area contributed by atoms with E-state index in [0.717, 1.165) is 10.9 Å². The molecule has 2 heterocycles. The average molecular weight is 561 g/mol. The molecule has 8 nitrogen and oxygen atoms in total. The Bertz CT molecular complexity index is 1320. The summed E-state index contributed by atoms with van der Waals surface area (Å²) in [6.07, 6.45) is 2.81. The predicted molar refractivity (Wildman–Crippen MR) is 146 cm³/mol. The number of nitrogens with zero attached hydrogens (tertiary/aromatic N) is 2. The number of aromatic nitrogens is 1. The number of fused-ring (bicyclic) bond motifs is 1. The van der Waals surface area contributed by atoms with Crippen LogP contribution in [0.25, 0.3) is 10.9 Å². The Morgan fingerprint density at radius 3 is 2.52 bits per heavy atom. The normalized spacial score (nSPS) is 16.1. The van der Waals surface area contributed by atoms with E-state index in [2.05, 4.69) is 15.2 Å². The number of nitrogens with one attached hydrogen (secondary N) is 1. The van der Waals surface area contributed by atoms with Crippen LogP contribution < -0.4 is 15.8 Å². The van der Waals surface area contributed by atoms with Gasteiger partial charge in [0, 0.05) is 43.4 Å². The number of rotatable bonds is 12. The van der Waals surface area contributed by atoms with Crippen LogP contribution in [0.5, 0.6) is 5.75 Å². The number of hydrogen-bond acceptors (Lipinski definition) is 7. The number of aliphatic hydroxyl groups is 1. The summed E-state index contributed by atoms with van der Waals surface area (Å²) in [5.74, 6) is -3.23. The molecular weight excluding hydrogens is 525 g/mol. The number of carboxylic acids is 1. The van der Waals surface area contributed by atoms with E-state index in [1.54, 1.807) is 19.4 Å². The van der Waals surface area contributed by atoms with E-state index in [0.29, 0.717) is 74.3 Å². The number of methoxy groups -OCH3 is 1. The van der Waals surface area contributed by atoms with Gasteiger partial charge in [-0.25, -0.2) is 13.2 Å². The Balaban J connectivity index is 1.41. The number of carbonyl (C=O) groups is 1. The van der Waals surface area contributed by atoms with Gasteiger partial charge in [-0.3, -0.25) is 9.78 Å². The molecule has 1 atom stereocenters. The summed E-state index contributed by atoms with van der Waals surface area (Å²) in [5.41, 5.74) is 7.20. The highest BCUT2D eigenvalue weighted by atomic mass is 19.1. The maximum Gasteiger partial charge on any atom is 0.303 e. The molecule has 1 aromatic heterocycles. The molecule has 0 unspecified atom stereocenters. The molecule has 0 bridgehead atoms. The summed E-state index contributed by atoms with van der Waals surface area (Å²) in [6.45, 7) is 2.12. The van der Waals surface area contributed by atoms with Crippen molar-refractivity contribution in [3.05, 3.63) is 65.1 Å². The maximum atomic E-state index is 13.9. The highest BCUT2D eigenvalue weighted by Crippen LogP contribution is 2.42. The number of hydrogen-bond donors (Lipinski definition) is 4. The lowest BCUT2D eigenvalue weighted by Gasteiger charge is -2.41. The molecule has 0 aliphatic carbocycles. The summed E-state index contributed by atoms with van der Waals surface area (Å²) in [5, 5.41) is 24.5. The third kappa shape index (κ3) is 6.83. The number of aliphatic hydroxyl groups excluding tert-OH is 1. The monoisotopic (exact) mass is 560 g/mol. The lowest BCUT2D eigenvalue weighted by atomic mass is 9.71. The number of halogens is 3. The zero-order chi connectivity index (χ0) is 28.9. The van der Waals surface area contributed by atoms with E-state index in [1.165, 1.54) is 0 Å². The van der Waals surface area contributed by atoms with Crippen molar-refractivity contribution in [2.45, 2.75) is 44.8 Å². The van der Waals surface area contributed by atoms with Gasteiger partial charge in [0.15, 0.2) is 11.6 Å². The van der Waals surface area contributed by atoms with Crippen LogP contribution in [-0.2, 0) is 11.3 Å². The molecule has 1 aliphatic rings. The summed E-state index contributed by atoms with van der Waals surface area (Å²) in [7, 11) is 1.56. The second kappa shape index (κ2) is 12.8. The van der Waals surface area contributed by atoms with Crippen molar-refractivity contribution in [2.75, 3.05) is 38.6 Å². The topological polar surface area (TPSA) is 121 Å². The van der Waals surface area contributed by atoms with Gasteiger partial charge in [-0.1, -0.05) is 0 Å². The molecule has 5 N–H and O–H groups in total. The van der Waals surface area contributed by atoms with Gasteiger partial charge in [0.25, 0.3) is 0 Å². The first kappa shape index (κ1) is 29.6. The molecule has 0 spiro atoms. The van der Waals surface area contributed by atoms with E-state index in [9.17, 15) is 28.2 Å². The zero-order valence-electron chi connectivity index (χ0n) is 22.4. The summed E-state index contributed by atoms with van der Waals surface area (Å²) >= 11 is 0. The molecular formula is C29H35F3N4O4. The van der Waals surface area contributed by atoms with Crippen LogP contribution in [0.15, 0.2) is 36.5 Å². The van der Waals surface area contributed by atoms with Crippen LogP contribution in [0.3, 0.4) is 0 Å². The van der Waals surface area contributed by atoms with Crippen molar-refractivity contribution in [1.82, 2.24) is 9.88 Å². The molecule has 216 valence electrons. The summed E-state index contributed by atoms with van der Waals surface area (Å²) in [4.78, 5) is 18.3. The first-order chi connectivity index (χ1) is 19.1. The number of pyridine rings is 1. The number of aliphatic carboxylic acids is 1. The Kier molecular flexibility index (Phi) is 9.49. The fourth-order valence-corrected chi connectivity index (χ4v) is 5.64. The van der Waals surface area contributed by atoms with Gasteiger partial charge >= 0.3 is 5.97 Å². The summed E-state index contributed by atoms with van der Waals surface area (Å²) < 4.78 is 46.3. The van der Waals surface area contributed by atoms with E-state index >= 15 is 0 Å². The number of benzene rings is 2. The number of anilines is 1. The number of likely N-dealkylation sites (tertiary alicyclic amines) is 1. The van der Waals surface area contributed by atoms with Gasteiger partial charge in [0.1, 0.15) is 17.3 Å². The molecule has 0 radical (unpaired) electrons. The van der Waals surface area contributed by atoms with Gasteiger partial charge in [0.2, 0.25) is 0 Å². The molecule has 4 rings (SSSR count). The third-order valence-electron chi connectivity index (χ3n) is 7.88. The van der Waals surface area contributed by atoms with E-state index in [1.807, 2.05) is 12.1 Å². The fraction of sp³-hybridized carbons (Fsp3) is 0.448. The van der Waals surface area contributed by atoms with Gasteiger partial charge in [-0.05, 0) is 73.5 Å². The molecule has 0 saturated carbocycles. The number of nitrogens with two attached hydrogens (primary N) is 1. The predicted octanol–water partition coefficient (Wildman–Crippen LogP) is 4.60. The fourth-order valence-electron chi connectivity index (χ4n) is 5.64. The van der Waals surface area contributed by atoms with Crippen molar-refractivity contribution < 1.29 is 32.9 Å². The van der Waals surface area contributed by atoms with E-state index < -0.39 is 34.9 Å². The molecule has 1 aliphatic heterocycles. The Morgan fingerprint density at radius 1 is 1.20 bits per heavy atom. The number of ether oxygens (including phenoxy) is 1. The Morgan fingerprint density at radius 2 is 1.90 bits per heavy atom. The van der Waals surface area contributed by atoms with E-state index in [4.69, 9.17) is 10.5 Å². The minimum atomic E-state index is -0.992. The van der Waals surface area contributed by atoms with Crippen LogP contribution in [0, 0.1) is 22.9 Å². The van der Waals surface area contributed by atoms with Crippen molar-refractivity contribution >= 4 is 22.6 Å². The number of carboxylic acid groups (broad SMARTS) is 1. The number of piperidine rings is 1. The van der Waals surface area contributed by atoms with Crippen LogP contribution >= 0.6 is 0 Å². The molecule has 11 heteroatoms. The first-order valence-electron chi connectivity index (χ1n) is 13.3. The van der Waals surface area contributed by atoms with Crippen molar-refractivity contribution in [2.24, 2.45) is 11.1 Å². The van der Waals surface area contributed by atoms with Crippen molar-refractivity contribution in [3.8, 4) is 5.75 Å². The zero-order valence-corrected chi connectivity index (χ0v) is 22.4. The Hall–Kier alpha value is -3.41. The van der Waals surface area contributed by atoms with Gasteiger partial charge in [0.05, 0.1) is 25.2 Å². The second-order valence-corrected chi connectivity index (χ2v) is 10.4. The molecule has 1 saturated heterocycles. The third-order valence-corrected chi connectivity index (χ3v) is 7.88.